The monoisotopic (exact) mass is 500 g/mol. The van der Waals surface area contributed by atoms with Gasteiger partial charge in [-0.15, -0.1) is 0 Å². The molecule has 3 N–H and O–H groups in total. The molecule has 1 aromatic heterocycles. The second-order valence-corrected chi connectivity index (χ2v) is 12.3. The molecule has 9 atom stereocenters. The molecule has 1 saturated heterocycles. The number of aliphatic hydroxyl groups excluding tert-OH is 1. The summed E-state index contributed by atoms with van der Waals surface area (Å²) < 4.78 is 15.9. The summed E-state index contributed by atoms with van der Waals surface area (Å²) in [6.45, 7) is 5.54. The van der Waals surface area contributed by atoms with Gasteiger partial charge in [-0.3, -0.25) is 9.59 Å². The van der Waals surface area contributed by atoms with Gasteiger partial charge in [0.15, 0.2) is 17.5 Å². The number of rotatable bonds is 3. The Morgan fingerprint density at radius 2 is 1.92 bits per heavy atom. The van der Waals surface area contributed by atoms with E-state index in [4.69, 9.17) is 13.9 Å². The third-order valence-corrected chi connectivity index (χ3v) is 10.7. The summed E-state index contributed by atoms with van der Waals surface area (Å²) in [5, 5.41) is 35.2. The quantitative estimate of drug-likeness (QED) is 0.531. The van der Waals surface area contributed by atoms with Crippen molar-refractivity contribution in [1.82, 2.24) is 0 Å². The van der Waals surface area contributed by atoms with Crippen molar-refractivity contribution < 1.29 is 43.6 Å². The molecular weight excluding hydrogens is 468 g/mol. The van der Waals surface area contributed by atoms with Gasteiger partial charge in [-0.05, 0) is 48.7 Å². The largest absolute Gasteiger partial charge is 0.472 e. The molecule has 2 heterocycles. The number of carbonyl (C=O) groups excluding carboxylic acids is 3. The van der Waals surface area contributed by atoms with E-state index in [0.29, 0.717) is 29.6 Å². The van der Waals surface area contributed by atoms with Gasteiger partial charge in [0.25, 0.3) is 0 Å². The molecule has 1 aliphatic heterocycles. The van der Waals surface area contributed by atoms with E-state index < -0.39 is 69.2 Å². The van der Waals surface area contributed by atoms with Crippen LogP contribution in [0.25, 0.3) is 0 Å². The number of fused-ring (bicyclic) bond motifs is 4. The van der Waals surface area contributed by atoms with Crippen molar-refractivity contribution in [2.75, 3.05) is 7.11 Å². The highest BCUT2D eigenvalue weighted by Gasteiger charge is 2.86. The number of hydrogen-bond donors (Lipinski definition) is 3. The third kappa shape index (κ3) is 2.40. The molecule has 4 aliphatic carbocycles. The number of Topliss-reactive ketones (excluding diaryl/α,β-unsaturated/α-hetero) is 1. The summed E-state index contributed by atoms with van der Waals surface area (Å²) in [5.74, 6) is -3.18. The fourth-order valence-corrected chi connectivity index (χ4v) is 9.37. The molecule has 4 fully saturated rings. The van der Waals surface area contributed by atoms with Gasteiger partial charge in [0, 0.05) is 27.9 Å². The first kappa shape index (κ1) is 23.9. The van der Waals surface area contributed by atoms with Gasteiger partial charge in [-0.2, -0.15) is 0 Å². The Hall–Kier alpha value is -2.49. The summed E-state index contributed by atoms with van der Waals surface area (Å²) in [7, 11) is 1.20. The van der Waals surface area contributed by atoms with Crippen LogP contribution < -0.4 is 0 Å². The number of carbonyl (C=O) groups is 3. The minimum Gasteiger partial charge on any atom is -0.472 e. The van der Waals surface area contributed by atoms with Crippen LogP contribution in [-0.4, -0.2) is 57.5 Å². The van der Waals surface area contributed by atoms with Crippen molar-refractivity contribution in [2.24, 2.45) is 28.1 Å². The minimum absolute atomic E-state index is 0.0769. The number of methoxy groups -OCH3 is 1. The molecule has 3 saturated carbocycles. The van der Waals surface area contributed by atoms with Crippen molar-refractivity contribution in [2.45, 2.75) is 76.3 Å². The van der Waals surface area contributed by atoms with Gasteiger partial charge < -0.3 is 29.2 Å². The number of ketones is 1. The highest BCUT2D eigenvalue weighted by Crippen LogP contribution is 2.79. The summed E-state index contributed by atoms with van der Waals surface area (Å²) >= 11 is 0. The van der Waals surface area contributed by atoms with Crippen LogP contribution in [0.1, 0.15) is 64.5 Å². The summed E-state index contributed by atoms with van der Waals surface area (Å²) in [5.41, 5.74) is -5.11. The van der Waals surface area contributed by atoms with Gasteiger partial charge in [0.1, 0.15) is 11.7 Å². The standard InChI is InChI=1S/C27H32O9/c1-23-11-26(32)20(30)17-14(25(3,27(26,33)12-23)19(23)18(29)22(31)34-4)5-7-24(2)15(17)9-16(28)36-21(24)13-6-8-35-10-13/h6,8,10,14,18-19,21,29,32-33H,5,7,9,11-12H2,1-4H3/t14-,18?,19-,21-,23-,24+,25+,26-,27+/m0/s1. The molecule has 0 aromatic carbocycles. The van der Waals surface area contributed by atoms with E-state index in [0.717, 1.165) is 0 Å². The van der Waals surface area contributed by atoms with Crippen molar-refractivity contribution in [3.8, 4) is 0 Å². The van der Waals surface area contributed by atoms with E-state index in [1.54, 1.807) is 13.0 Å². The maximum absolute atomic E-state index is 14.2. The van der Waals surface area contributed by atoms with E-state index in [-0.39, 0.29) is 19.3 Å². The van der Waals surface area contributed by atoms with Crippen molar-refractivity contribution in [1.29, 1.82) is 0 Å². The van der Waals surface area contributed by atoms with Gasteiger partial charge in [-0.1, -0.05) is 20.8 Å². The van der Waals surface area contributed by atoms with E-state index in [9.17, 15) is 29.7 Å². The first-order valence-corrected chi connectivity index (χ1v) is 12.5. The van der Waals surface area contributed by atoms with Crippen LogP contribution in [0.15, 0.2) is 34.2 Å². The molecule has 1 aromatic rings. The molecule has 0 spiro atoms. The van der Waals surface area contributed by atoms with Gasteiger partial charge >= 0.3 is 11.9 Å². The third-order valence-electron chi connectivity index (χ3n) is 10.7. The smallest absolute Gasteiger partial charge is 0.335 e. The number of cyclic esters (lactones) is 1. The zero-order chi connectivity index (χ0) is 26.1. The van der Waals surface area contributed by atoms with Crippen molar-refractivity contribution in [3.05, 3.63) is 35.3 Å². The average Bonchev–Trinajstić information content (AvgIpc) is 3.46. The fraction of sp³-hybridized carbons (Fsp3) is 0.667. The maximum Gasteiger partial charge on any atom is 0.335 e. The number of furan rings is 1. The summed E-state index contributed by atoms with van der Waals surface area (Å²) in [6, 6.07) is 1.73. The molecule has 0 radical (unpaired) electrons. The molecule has 5 aliphatic rings. The molecular formula is C27H32O9. The van der Waals surface area contributed by atoms with Crippen LogP contribution >= 0.6 is 0 Å². The predicted molar refractivity (Wildman–Crippen MR) is 122 cm³/mol. The highest BCUT2D eigenvalue weighted by atomic mass is 16.5. The summed E-state index contributed by atoms with van der Waals surface area (Å²) in [6.07, 6.45) is 1.69. The lowest BCUT2D eigenvalue weighted by molar-refractivity contribution is -0.248. The highest BCUT2D eigenvalue weighted by molar-refractivity contribution is 6.07. The number of aliphatic hydroxyl groups is 3. The molecule has 194 valence electrons. The first-order valence-electron chi connectivity index (χ1n) is 12.5. The normalized spacial score (nSPS) is 47.8. The molecule has 9 nitrogen and oxygen atoms in total. The van der Waals surface area contributed by atoms with E-state index in [1.807, 2.05) is 13.8 Å². The Morgan fingerprint density at radius 1 is 1.19 bits per heavy atom. The Labute approximate surface area is 208 Å². The maximum atomic E-state index is 14.2. The Morgan fingerprint density at radius 3 is 2.56 bits per heavy atom. The number of hydrogen-bond acceptors (Lipinski definition) is 9. The Balaban J connectivity index is 1.58. The predicted octanol–water partition coefficient (Wildman–Crippen LogP) is 2.00. The average molecular weight is 501 g/mol. The van der Waals surface area contributed by atoms with Gasteiger partial charge in [-0.25, -0.2) is 4.79 Å². The lowest BCUT2D eigenvalue weighted by Gasteiger charge is -2.64. The van der Waals surface area contributed by atoms with Gasteiger partial charge in [0.2, 0.25) is 0 Å². The van der Waals surface area contributed by atoms with Crippen LogP contribution in [0.3, 0.4) is 0 Å². The SMILES string of the molecule is COC(=O)C(O)[C@H]1[C@]2(C)C[C@@]3(O)[C@]1(C)[C@H]1CC[C@]4(C)C(=C1C(=O)[C@@]3(O)C2)CC(=O)O[C@H]4c1ccoc1. The first-order chi connectivity index (χ1) is 16.8. The van der Waals surface area contributed by atoms with Gasteiger partial charge in [0.05, 0.1) is 26.1 Å². The van der Waals surface area contributed by atoms with Crippen molar-refractivity contribution in [3.63, 3.8) is 0 Å². The van der Waals surface area contributed by atoms with Crippen LogP contribution in [-0.2, 0) is 23.9 Å². The summed E-state index contributed by atoms with van der Waals surface area (Å²) in [4.78, 5) is 39.6. The van der Waals surface area contributed by atoms with E-state index in [1.165, 1.54) is 19.6 Å². The minimum atomic E-state index is -2.09. The molecule has 0 amide bonds. The van der Waals surface area contributed by atoms with E-state index >= 15 is 0 Å². The molecule has 9 heteroatoms. The zero-order valence-corrected chi connectivity index (χ0v) is 20.9. The van der Waals surface area contributed by atoms with E-state index in [2.05, 4.69) is 0 Å². The second kappa shape index (κ2) is 6.88. The Kier molecular flexibility index (Phi) is 4.56. The van der Waals surface area contributed by atoms with Crippen molar-refractivity contribution >= 4 is 17.7 Å². The number of esters is 2. The number of ether oxygens (including phenoxy) is 2. The lowest BCUT2D eigenvalue weighted by Crippen LogP contribution is -2.75. The fourth-order valence-electron chi connectivity index (χ4n) is 9.37. The Bertz CT molecular complexity index is 1220. The molecule has 1 unspecified atom stereocenters. The molecule has 6 rings (SSSR count). The second-order valence-electron chi connectivity index (χ2n) is 12.3. The van der Waals surface area contributed by atoms with Crippen LogP contribution in [0.5, 0.6) is 0 Å². The topological polar surface area (TPSA) is 144 Å². The van der Waals surface area contributed by atoms with Crippen LogP contribution in [0.4, 0.5) is 0 Å². The van der Waals surface area contributed by atoms with Crippen LogP contribution in [0, 0.1) is 28.1 Å². The molecule has 36 heavy (non-hydrogen) atoms. The molecule has 2 bridgehead atoms. The zero-order valence-electron chi connectivity index (χ0n) is 20.9. The van der Waals surface area contributed by atoms with Crippen LogP contribution in [0.2, 0.25) is 0 Å². The lowest BCUT2D eigenvalue weighted by atomic mass is 9.41.